The van der Waals surface area contributed by atoms with Gasteiger partial charge in [-0.05, 0) is 46.8 Å². The monoisotopic (exact) mass is 380 g/mol. The molecule has 0 saturated carbocycles. The van der Waals surface area contributed by atoms with Crippen molar-refractivity contribution in [1.82, 2.24) is 5.32 Å². The molecular weight excluding hydrogens is 363 g/mol. The van der Waals surface area contributed by atoms with Crippen LogP contribution in [0.3, 0.4) is 0 Å². The highest BCUT2D eigenvalue weighted by Gasteiger charge is 2.20. The maximum atomic E-state index is 13.8. The first-order valence-corrected chi connectivity index (χ1v) is 8.77. The molecule has 1 aromatic carbocycles. The van der Waals surface area contributed by atoms with Crippen LogP contribution in [0, 0.1) is 11.7 Å². The summed E-state index contributed by atoms with van der Waals surface area (Å²) in [6, 6.07) is 1.86. The summed E-state index contributed by atoms with van der Waals surface area (Å²) in [6.45, 7) is 4.53. The van der Waals surface area contributed by atoms with Crippen LogP contribution >= 0.6 is 15.9 Å². The number of nitrogens with two attached hydrogens (primary N) is 1. The van der Waals surface area contributed by atoms with Crippen LogP contribution in [0.4, 0.5) is 4.39 Å². The predicted molar refractivity (Wildman–Crippen MR) is 81.9 cm³/mol. The largest absolute Gasteiger partial charge is 0.352 e. The number of benzene rings is 1. The predicted octanol–water partition coefficient (Wildman–Crippen LogP) is 2.40. The Labute approximate surface area is 132 Å². The third-order valence-corrected chi connectivity index (χ3v) is 4.69. The molecule has 0 atom stereocenters. The van der Waals surface area contributed by atoms with Crippen LogP contribution in [-0.2, 0) is 10.0 Å². The smallest absolute Gasteiger partial charge is 0.254 e. The highest BCUT2D eigenvalue weighted by atomic mass is 79.9. The molecule has 0 aliphatic carbocycles. The molecule has 5 nitrogen and oxygen atoms in total. The van der Waals surface area contributed by atoms with Gasteiger partial charge >= 0.3 is 0 Å². The van der Waals surface area contributed by atoms with E-state index in [1.165, 1.54) is 0 Å². The molecule has 0 saturated heterocycles. The first-order valence-electron chi connectivity index (χ1n) is 6.43. The number of rotatable bonds is 6. The lowest BCUT2D eigenvalue weighted by molar-refractivity contribution is 0.0948. The molecule has 0 heterocycles. The Morgan fingerprint density at radius 3 is 2.57 bits per heavy atom. The van der Waals surface area contributed by atoms with Gasteiger partial charge in [0, 0.05) is 11.0 Å². The van der Waals surface area contributed by atoms with E-state index in [-0.39, 0.29) is 14.9 Å². The first-order chi connectivity index (χ1) is 9.62. The van der Waals surface area contributed by atoms with Gasteiger partial charge in [-0.3, -0.25) is 4.79 Å². The zero-order chi connectivity index (χ0) is 16.2. The number of carbonyl (C=O) groups is 1. The zero-order valence-corrected chi connectivity index (χ0v) is 14.2. The molecule has 21 heavy (non-hydrogen) atoms. The Morgan fingerprint density at radius 1 is 1.43 bits per heavy atom. The number of amides is 1. The number of sulfonamides is 1. The van der Waals surface area contributed by atoms with E-state index in [2.05, 4.69) is 35.1 Å². The Balaban J connectivity index is 2.90. The van der Waals surface area contributed by atoms with E-state index in [4.69, 9.17) is 5.14 Å². The molecule has 0 unspecified atom stereocenters. The normalized spacial score (nSPS) is 11.7. The van der Waals surface area contributed by atoms with E-state index in [0.717, 1.165) is 25.0 Å². The molecule has 1 aromatic rings. The summed E-state index contributed by atoms with van der Waals surface area (Å²) in [5, 5.41) is 7.58. The van der Waals surface area contributed by atoms with Crippen molar-refractivity contribution in [3.05, 3.63) is 28.0 Å². The summed E-state index contributed by atoms with van der Waals surface area (Å²) in [5.74, 6) is -0.954. The molecule has 0 aliphatic heterocycles. The Morgan fingerprint density at radius 2 is 2.05 bits per heavy atom. The van der Waals surface area contributed by atoms with Gasteiger partial charge in [0.2, 0.25) is 10.0 Å². The molecule has 3 N–H and O–H groups in total. The van der Waals surface area contributed by atoms with Gasteiger partial charge in [0.1, 0.15) is 5.82 Å². The van der Waals surface area contributed by atoms with Crippen LogP contribution in [0.25, 0.3) is 0 Å². The molecule has 1 rings (SSSR count). The van der Waals surface area contributed by atoms with Crippen LogP contribution in [0.2, 0.25) is 0 Å². The summed E-state index contributed by atoms with van der Waals surface area (Å²) in [5.41, 5.74) is -0.341. The van der Waals surface area contributed by atoms with Crippen molar-refractivity contribution < 1.29 is 17.6 Å². The molecule has 0 aromatic heterocycles. The van der Waals surface area contributed by atoms with Crippen LogP contribution in [0.1, 0.15) is 37.0 Å². The van der Waals surface area contributed by atoms with Crippen LogP contribution in [-0.4, -0.2) is 20.9 Å². The summed E-state index contributed by atoms with van der Waals surface area (Å²) in [7, 11) is -4.04. The maximum Gasteiger partial charge on any atom is 0.254 e. The lowest BCUT2D eigenvalue weighted by Crippen LogP contribution is -2.26. The topological polar surface area (TPSA) is 89.3 Å². The Hall–Kier alpha value is -0.990. The van der Waals surface area contributed by atoms with E-state index in [0.29, 0.717) is 12.5 Å². The highest BCUT2D eigenvalue weighted by Crippen LogP contribution is 2.24. The Kier molecular flexibility index (Phi) is 6.30. The molecule has 1 amide bonds. The zero-order valence-electron chi connectivity index (χ0n) is 11.8. The second-order valence-electron chi connectivity index (χ2n) is 5.10. The average molecular weight is 381 g/mol. The van der Waals surface area contributed by atoms with Gasteiger partial charge in [0.15, 0.2) is 0 Å². The van der Waals surface area contributed by atoms with Crippen molar-refractivity contribution in [2.24, 2.45) is 11.1 Å². The molecule has 8 heteroatoms. The summed E-state index contributed by atoms with van der Waals surface area (Å²) in [4.78, 5) is 11.6. The highest BCUT2D eigenvalue weighted by molar-refractivity contribution is 9.10. The third kappa shape index (κ3) is 5.37. The number of hydrogen-bond acceptors (Lipinski definition) is 3. The average Bonchev–Trinajstić information content (AvgIpc) is 2.32. The van der Waals surface area contributed by atoms with Crippen molar-refractivity contribution in [3.63, 3.8) is 0 Å². The summed E-state index contributed by atoms with van der Waals surface area (Å²) in [6.07, 6.45) is 1.70. The standard InChI is InChI=1S/C13H18BrFN2O3S/c1-8(2)4-3-5-17-13(18)9-6-12(21(16,19)20)10(14)7-11(9)15/h6-8H,3-5H2,1-2H3,(H,17,18)(H2,16,19,20). The van der Waals surface area contributed by atoms with Gasteiger partial charge in [0.25, 0.3) is 5.91 Å². The first kappa shape index (κ1) is 18.1. The minimum absolute atomic E-state index is 0.0149. The van der Waals surface area contributed by atoms with Crippen LogP contribution < -0.4 is 10.5 Å². The van der Waals surface area contributed by atoms with Crippen molar-refractivity contribution in [1.29, 1.82) is 0 Å². The molecule has 0 bridgehead atoms. The van der Waals surface area contributed by atoms with Crippen molar-refractivity contribution in [2.75, 3.05) is 6.54 Å². The van der Waals surface area contributed by atoms with E-state index in [9.17, 15) is 17.6 Å². The molecular formula is C13H18BrFN2O3S. The SMILES string of the molecule is CC(C)CCCNC(=O)c1cc(S(N)(=O)=O)c(Br)cc1F. The van der Waals surface area contributed by atoms with Gasteiger partial charge < -0.3 is 5.32 Å². The van der Waals surface area contributed by atoms with E-state index in [1.54, 1.807) is 0 Å². The van der Waals surface area contributed by atoms with E-state index >= 15 is 0 Å². The summed E-state index contributed by atoms with van der Waals surface area (Å²) >= 11 is 2.92. The minimum atomic E-state index is -4.04. The minimum Gasteiger partial charge on any atom is -0.352 e. The van der Waals surface area contributed by atoms with Crippen molar-refractivity contribution >= 4 is 31.9 Å². The van der Waals surface area contributed by atoms with Gasteiger partial charge in [0.05, 0.1) is 10.5 Å². The number of halogens is 2. The van der Waals surface area contributed by atoms with Crippen molar-refractivity contribution in [2.45, 2.75) is 31.6 Å². The number of nitrogens with one attached hydrogen (secondary N) is 1. The third-order valence-electron chi connectivity index (χ3n) is 2.82. The lowest BCUT2D eigenvalue weighted by Gasteiger charge is -2.09. The Bertz CT molecular complexity index is 633. The van der Waals surface area contributed by atoms with Crippen LogP contribution in [0.5, 0.6) is 0 Å². The second-order valence-corrected chi connectivity index (χ2v) is 7.48. The van der Waals surface area contributed by atoms with Crippen LogP contribution in [0.15, 0.2) is 21.5 Å². The molecule has 0 radical (unpaired) electrons. The molecule has 118 valence electrons. The molecule has 0 aliphatic rings. The van der Waals surface area contributed by atoms with Gasteiger partial charge in [-0.15, -0.1) is 0 Å². The number of carbonyl (C=O) groups excluding carboxylic acids is 1. The quantitative estimate of drug-likeness (QED) is 0.742. The maximum absolute atomic E-state index is 13.8. The summed E-state index contributed by atoms with van der Waals surface area (Å²) < 4.78 is 36.5. The van der Waals surface area contributed by atoms with Crippen molar-refractivity contribution in [3.8, 4) is 0 Å². The molecule has 0 fully saturated rings. The fourth-order valence-electron chi connectivity index (χ4n) is 1.73. The van der Waals surface area contributed by atoms with Gasteiger partial charge in [-0.25, -0.2) is 17.9 Å². The fraction of sp³-hybridized carbons (Fsp3) is 0.462. The fourth-order valence-corrected chi connectivity index (χ4v) is 3.33. The lowest BCUT2D eigenvalue weighted by atomic mass is 10.1. The van der Waals surface area contributed by atoms with Gasteiger partial charge in [-0.1, -0.05) is 13.8 Å². The van der Waals surface area contributed by atoms with Gasteiger partial charge in [-0.2, -0.15) is 0 Å². The number of hydrogen-bond donors (Lipinski definition) is 2. The molecule has 0 spiro atoms. The van der Waals surface area contributed by atoms with E-state index in [1.807, 2.05) is 0 Å². The second kappa shape index (κ2) is 7.33. The van der Waals surface area contributed by atoms with E-state index < -0.39 is 21.7 Å². The number of primary sulfonamides is 1.